The zero-order chi connectivity index (χ0) is 24.1. The van der Waals surface area contributed by atoms with E-state index in [1.165, 1.54) is 0 Å². The van der Waals surface area contributed by atoms with Crippen LogP contribution < -0.4 is 30.0 Å². The molecule has 176 valence electrons. The van der Waals surface area contributed by atoms with Crippen LogP contribution in [0.15, 0.2) is 48.5 Å². The largest absolute Gasteiger partial charge is 0.493 e. The summed E-state index contributed by atoms with van der Waals surface area (Å²) < 4.78 is 32.4. The maximum absolute atomic E-state index is 12.9. The van der Waals surface area contributed by atoms with Gasteiger partial charge in [-0.1, -0.05) is 0 Å². The van der Waals surface area contributed by atoms with Gasteiger partial charge >= 0.3 is 0 Å². The fraction of sp³-hybridized carbons (Fsp3) is 0.125. The van der Waals surface area contributed by atoms with Crippen molar-refractivity contribution >= 4 is 50.9 Å². The van der Waals surface area contributed by atoms with Gasteiger partial charge in [0.05, 0.1) is 42.8 Å². The van der Waals surface area contributed by atoms with Crippen LogP contribution in [0.5, 0.6) is 23.0 Å². The zero-order valence-corrected chi connectivity index (χ0v) is 19.5. The Morgan fingerprint density at radius 3 is 2.57 bits per heavy atom. The summed E-state index contributed by atoms with van der Waals surface area (Å²) in [6, 6.07) is 14.7. The van der Waals surface area contributed by atoms with Crippen molar-refractivity contribution < 1.29 is 23.7 Å². The van der Waals surface area contributed by atoms with Crippen LogP contribution in [0.2, 0.25) is 0 Å². The van der Waals surface area contributed by atoms with Gasteiger partial charge in [0.15, 0.2) is 23.0 Å². The molecule has 3 N–H and O–H groups in total. The SMILES string of the molecule is COc1cc2c(Nc3ccc4nsnc4c3)c(C(N)=O)n(-c3ccc4c(c3)OCO4)c2cc1OC. The van der Waals surface area contributed by atoms with Crippen molar-refractivity contribution in [2.45, 2.75) is 0 Å². The average molecular weight is 490 g/mol. The van der Waals surface area contributed by atoms with E-state index in [1.807, 2.05) is 42.5 Å². The fourth-order valence-electron chi connectivity index (χ4n) is 4.27. The summed E-state index contributed by atoms with van der Waals surface area (Å²) in [5.74, 6) is 1.62. The van der Waals surface area contributed by atoms with E-state index in [4.69, 9.17) is 24.7 Å². The number of aromatic nitrogens is 3. The number of methoxy groups -OCH3 is 2. The molecule has 0 fully saturated rings. The third-order valence-electron chi connectivity index (χ3n) is 5.84. The monoisotopic (exact) mass is 489 g/mol. The predicted octanol–water partition coefficient (Wildman–Crippen LogP) is 4.22. The lowest BCUT2D eigenvalue weighted by Crippen LogP contribution is -2.17. The minimum absolute atomic E-state index is 0.139. The fourth-order valence-corrected chi connectivity index (χ4v) is 4.79. The molecule has 0 radical (unpaired) electrons. The van der Waals surface area contributed by atoms with Gasteiger partial charge < -0.3 is 34.6 Å². The number of carbonyl (C=O) groups is 1. The molecule has 3 aromatic carbocycles. The number of carbonyl (C=O) groups excluding carboxylic acids is 1. The highest BCUT2D eigenvalue weighted by Gasteiger charge is 2.26. The van der Waals surface area contributed by atoms with E-state index in [0.717, 1.165) is 28.4 Å². The highest BCUT2D eigenvalue weighted by atomic mass is 32.1. The van der Waals surface area contributed by atoms with Crippen LogP contribution in [0.1, 0.15) is 10.5 Å². The summed E-state index contributed by atoms with van der Waals surface area (Å²) in [6.07, 6.45) is 0. The second-order valence-corrected chi connectivity index (χ2v) is 8.31. The summed E-state index contributed by atoms with van der Waals surface area (Å²) in [6.45, 7) is 0.139. The smallest absolute Gasteiger partial charge is 0.267 e. The normalized spacial score (nSPS) is 12.3. The Morgan fingerprint density at radius 1 is 1.00 bits per heavy atom. The predicted molar refractivity (Wildman–Crippen MR) is 132 cm³/mol. The first-order valence-corrected chi connectivity index (χ1v) is 11.3. The van der Waals surface area contributed by atoms with E-state index in [2.05, 4.69) is 14.1 Å². The van der Waals surface area contributed by atoms with E-state index in [9.17, 15) is 4.79 Å². The first-order valence-electron chi connectivity index (χ1n) is 10.6. The van der Waals surface area contributed by atoms with Gasteiger partial charge in [0.2, 0.25) is 6.79 Å². The molecule has 10 nitrogen and oxygen atoms in total. The molecule has 0 saturated heterocycles. The van der Waals surface area contributed by atoms with Gasteiger partial charge in [-0.15, -0.1) is 0 Å². The summed E-state index contributed by atoms with van der Waals surface area (Å²) in [4.78, 5) is 12.9. The Labute approximate surface area is 203 Å². The highest BCUT2D eigenvalue weighted by Crippen LogP contribution is 2.43. The van der Waals surface area contributed by atoms with Crippen molar-refractivity contribution in [3.05, 3.63) is 54.2 Å². The van der Waals surface area contributed by atoms with Crippen LogP contribution in [0.4, 0.5) is 11.4 Å². The van der Waals surface area contributed by atoms with Crippen molar-refractivity contribution in [2.24, 2.45) is 5.73 Å². The second-order valence-electron chi connectivity index (χ2n) is 7.78. The lowest BCUT2D eigenvalue weighted by atomic mass is 10.1. The minimum Gasteiger partial charge on any atom is -0.493 e. The zero-order valence-electron chi connectivity index (χ0n) is 18.7. The first kappa shape index (κ1) is 21.1. The number of amides is 1. The number of benzene rings is 3. The van der Waals surface area contributed by atoms with Gasteiger partial charge in [0.25, 0.3) is 5.91 Å². The average Bonchev–Trinajstić information content (AvgIpc) is 3.59. The minimum atomic E-state index is -0.615. The Balaban J connectivity index is 1.63. The van der Waals surface area contributed by atoms with Gasteiger partial charge in [-0.2, -0.15) is 8.75 Å². The molecule has 0 aliphatic carbocycles. The van der Waals surface area contributed by atoms with Crippen LogP contribution >= 0.6 is 11.7 Å². The number of nitrogens with zero attached hydrogens (tertiary/aromatic N) is 3. The van der Waals surface area contributed by atoms with Crippen molar-refractivity contribution in [3.63, 3.8) is 0 Å². The molecule has 0 unspecified atom stereocenters. The molecule has 35 heavy (non-hydrogen) atoms. The summed E-state index contributed by atoms with van der Waals surface area (Å²) >= 11 is 1.14. The van der Waals surface area contributed by atoms with E-state index in [1.54, 1.807) is 24.9 Å². The standard InChI is InChI=1S/C24H19N5O5S/c1-31-19-9-14-17(10-20(19)32-2)29(13-4-6-18-21(8-13)34-11-33-18)23(24(25)30)22(14)26-12-3-5-15-16(7-12)28-35-27-15/h3-10,26H,11H2,1-2H3,(H2,25,30). The van der Waals surface area contributed by atoms with Crippen molar-refractivity contribution in [1.82, 2.24) is 13.3 Å². The van der Waals surface area contributed by atoms with Gasteiger partial charge in [0.1, 0.15) is 16.7 Å². The van der Waals surface area contributed by atoms with E-state index < -0.39 is 5.91 Å². The number of fused-ring (bicyclic) bond motifs is 3. The van der Waals surface area contributed by atoms with E-state index >= 15 is 0 Å². The Bertz CT molecular complexity index is 1630. The molecule has 0 atom stereocenters. The van der Waals surface area contributed by atoms with Crippen molar-refractivity contribution in [2.75, 3.05) is 26.3 Å². The van der Waals surface area contributed by atoms with Gasteiger partial charge in [-0.25, -0.2) is 0 Å². The number of hydrogen-bond donors (Lipinski definition) is 2. The Morgan fingerprint density at radius 2 is 1.77 bits per heavy atom. The number of ether oxygens (including phenoxy) is 4. The lowest BCUT2D eigenvalue weighted by molar-refractivity contribution is 0.0995. The van der Waals surface area contributed by atoms with Gasteiger partial charge in [-0.05, 0) is 36.4 Å². The molecular formula is C24H19N5O5S. The van der Waals surface area contributed by atoms with Crippen LogP contribution in [-0.2, 0) is 0 Å². The molecule has 3 heterocycles. The molecule has 11 heteroatoms. The summed E-state index contributed by atoms with van der Waals surface area (Å²) in [7, 11) is 3.12. The number of anilines is 2. The maximum atomic E-state index is 12.9. The molecular weight excluding hydrogens is 470 g/mol. The van der Waals surface area contributed by atoms with Crippen LogP contribution in [0.25, 0.3) is 27.6 Å². The highest BCUT2D eigenvalue weighted by molar-refractivity contribution is 7.00. The molecule has 2 aromatic heterocycles. The molecule has 6 rings (SSSR count). The number of nitrogens with two attached hydrogens (primary N) is 1. The summed E-state index contributed by atoms with van der Waals surface area (Å²) in [5.41, 5.74) is 10.4. The van der Waals surface area contributed by atoms with E-state index in [0.29, 0.717) is 45.3 Å². The van der Waals surface area contributed by atoms with Crippen molar-refractivity contribution in [1.29, 1.82) is 0 Å². The molecule has 0 spiro atoms. The number of rotatable bonds is 6. The van der Waals surface area contributed by atoms with Crippen molar-refractivity contribution in [3.8, 4) is 28.7 Å². The maximum Gasteiger partial charge on any atom is 0.267 e. The molecule has 1 amide bonds. The molecule has 5 aromatic rings. The van der Waals surface area contributed by atoms with Gasteiger partial charge in [-0.3, -0.25) is 4.79 Å². The third-order valence-corrected chi connectivity index (χ3v) is 6.40. The quantitative estimate of drug-likeness (QED) is 0.363. The number of hydrogen-bond acceptors (Lipinski definition) is 9. The lowest BCUT2D eigenvalue weighted by Gasteiger charge is -2.12. The molecule has 1 aliphatic rings. The number of nitrogens with one attached hydrogen (secondary N) is 1. The van der Waals surface area contributed by atoms with Crippen LogP contribution in [-0.4, -0.2) is 40.2 Å². The second kappa shape index (κ2) is 8.06. The Hall–Kier alpha value is -4.51. The third kappa shape index (κ3) is 3.36. The topological polar surface area (TPSA) is 123 Å². The Kier molecular flexibility index (Phi) is 4.85. The molecule has 0 saturated carbocycles. The van der Waals surface area contributed by atoms with E-state index in [-0.39, 0.29) is 12.5 Å². The summed E-state index contributed by atoms with van der Waals surface area (Å²) in [5, 5.41) is 4.09. The number of primary amides is 1. The van der Waals surface area contributed by atoms with Crippen LogP contribution in [0, 0.1) is 0 Å². The first-order chi connectivity index (χ1) is 17.1. The molecule has 0 bridgehead atoms. The van der Waals surface area contributed by atoms with Crippen LogP contribution in [0.3, 0.4) is 0 Å². The molecule has 1 aliphatic heterocycles. The van der Waals surface area contributed by atoms with Gasteiger partial charge in [0, 0.05) is 23.2 Å².